The SMILES string of the molecule is CC1=NN(c2cc(SOOO)ccc2S(=O)(=O)O)C(=O)C1Cc1cc(C)n(-c2ccc(N(C)C)cc2)c1C. The van der Waals surface area contributed by atoms with Gasteiger partial charge in [-0.25, -0.2) is 5.26 Å². The molecule has 0 radical (unpaired) electrons. The highest BCUT2D eigenvalue weighted by Crippen LogP contribution is 2.35. The Morgan fingerprint density at radius 2 is 1.76 bits per heavy atom. The van der Waals surface area contributed by atoms with E-state index in [1.54, 1.807) is 6.92 Å². The number of carbonyl (C=O) groups excluding carboxylic acids is 1. The first-order valence-corrected chi connectivity index (χ1v) is 13.7. The van der Waals surface area contributed by atoms with E-state index >= 15 is 0 Å². The summed E-state index contributed by atoms with van der Waals surface area (Å²) in [6, 6.07) is 13.9. The van der Waals surface area contributed by atoms with Crippen molar-refractivity contribution in [3.63, 3.8) is 0 Å². The molecule has 0 saturated carbocycles. The average molecular weight is 561 g/mol. The zero-order valence-corrected chi connectivity index (χ0v) is 23.1. The summed E-state index contributed by atoms with van der Waals surface area (Å²) in [4.78, 5) is 15.4. The first-order valence-electron chi connectivity index (χ1n) is 11.5. The van der Waals surface area contributed by atoms with Crippen LogP contribution >= 0.6 is 12.0 Å². The van der Waals surface area contributed by atoms with Gasteiger partial charge in [0.15, 0.2) is 0 Å². The van der Waals surface area contributed by atoms with Gasteiger partial charge in [0.25, 0.3) is 16.0 Å². The molecule has 202 valence electrons. The van der Waals surface area contributed by atoms with E-state index in [2.05, 4.69) is 19.0 Å². The molecule has 1 aromatic heterocycles. The Balaban J connectivity index is 1.64. The standard InChI is InChI=1S/C25H28N4O7S2/c1-15-12-18(17(3)28(15)20-8-6-19(7-9-20)27(4)5)13-22-16(2)26-29(25(22)30)23-14-21(37-36-35-31)10-11-24(23)38(32,33)34/h6-12,14,22,31H,13H2,1-5H3,(H,32,33,34). The molecule has 0 fully saturated rings. The summed E-state index contributed by atoms with van der Waals surface area (Å²) in [5, 5.41) is 17.3. The van der Waals surface area contributed by atoms with Crippen LogP contribution in [0.25, 0.3) is 5.69 Å². The third-order valence-electron chi connectivity index (χ3n) is 6.45. The molecule has 0 bridgehead atoms. The first kappa shape index (κ1) is 27.8. The van der Waals surface area contributed by atoms with Crippen LogP contribution in [0, 0.1) is 19.8 Å². The molecule has 2 aromatic carbocycles. The number of hydrogen-bond acceptors (Lipinski definition) is 9. The van der Waals surface area contributed by atoms with Crippen LogP contribution in [-0.4, -0.2) is 48.5 Å². The lowest BCUT2D eigenvalue weighted by Crippen LogP contribution is -2.29. The zero-order valence-electron chi connectivity index (χ0n) is 21.4. The van der Waals surface area contributed by atoms with Crippen molar-refractivity contribution in [1.29, 1.82) is 0 Å². The van der Waals surface area contributed by atoms with E-state index in [1.165, 1.54) is 12.1 Å². The summed E-state index contributed by atoms with van der Waals surface area (Å²) in [7, 11) is -0.709. The van der Waals surface area contributed by atoms with E-state index < -0.39 is 26.8 Å². The average Bonchev–Trinajstić information content (AvgIpc) is 3.31. The van der Waals surface area contributed by atoms with Crippen LogP contribution in [0.5, 0.6) is 0 Å². The fourth-order valence-corrected chi connectivity index (χ4v) is 5.59. The molecule has 2 N–H and O–H groups in total. The molecule has 1 aliphatic rings. The molecule has 0 saturated heterocycles. The Hall–Kier alpha value is -3.20. The number of hydrogen-bond donors (Lipinski definition) is 2. The molecular weight excluding hydrogens is 532 g/mol. The van der Waals surface area contributed by atoms with Crippen molar-refractivity contribution < 1.29 is 32.4 Å². The number of amides is 1. The summed E-state index contributed by atoms with van der Waals surface area (Å²) < 4.78 is 40.4. The lowest BCUT2D eigenvalue weighted by atomic mass is 9.95. The van der Waals surface area contributed by atoms with E-state index in [4.69, 9.17) is 5.26 Å². The Labute approximate surface area is 225 Å². The molecular formula is C25H28N4O7S2. The van der Waals surface area contributed by atoms with Gasteiger partial charge in [0.05, 0.1) is 23.6 Å². The molecule has 0 aliphatic carbocycles. The molecule has 3 aromatic rings. The fourth-order valence-electron chi connectivity index (χ4n) is 4.55. The van der Waals surface area contributed by atoms with Crippen molar-refractivity contribution in [1.82, 2.24) is 4.57 Å². The van der Waals surface area contributed by atoms with Gasteiger partial charge in [-0.15, -0.1) is 4.33 Å². The van der Waals surface area contributed by atoms with Gasteiger partial charge < -0.3 is 9.47 Å². The lowest BCUT2D eigenvalue weighted by molar-refractivity contribution is -0.432. The van der Waals surface area contributed by atoms with Gasteiger partial charge in [-0.05, 0) is 81.3 Å². The molecule has 38 heavy (non-hydrogen) atoms. The maximum atomic E-state index is 13.5. The predicted molar refractivity (Wildman–Crippen MR) is 144 cm³/mol. The minimum absolute atomic E-state index is 0.141. The first-order chi connectivity index (χ1) is 17.9. The van der Waals surface area contributed by atoms with Gasteiger partial charge in [-0.3, -0.25) is 9.35 Å². The summed E-state index contributed by atoms with van der Waals surface area (Å²) in [5.74, 6) is -1.07. The highest BCUT2D eigenvalue weighted by atomic mass is 32.2. The second-order valence-corrected chi connectivity index (χ2v) is 11.3. The maximum absolute atomic E-state index is 13.5. The number of anilines is 2. The summed E-state index contributed by atoms with van der Waals surface area (Å²) in [6.07, 6.45) is 0.358. The summed E-state index contributed by atoms with van der Waals surface area (Å²) in [6.45, 7) is 5.70. The number of aromatic nitrogens is 1. The maximum Gasteiger partial charge on any atom is 0.296 e. The smallest absolute Gasteiger partial charge is 0.296 e. The van der Waals surface area contributed by atoms with Gasteiger partial charge in [0.2, 0.25) is 0 Å². The van der Waals surface area contributed by atoms with Gasteiger partial charge in [-0.2, -0.15) is 18.5 Å². The van der Waals surface area contributed by atoms with E-state index in [9.17, 15) is 17.8 Å². The molecule has 11 nitrogen and oxygen atoms in total. The third-order valence-corrected chi connectivity index (χ3v) is 7.93. The predicted octanol–water partition coefficient (Wildman–Crippen LogP) is 4.42. The second-order valence-electron chi connectivity index (χ2n) is 9.12. The summed E-state index contributed by atoms with van der Waals surface area (Å²) in [5.41, 5.74) is 5.40. The van der Waals surface area contributed by atoms with Crippen molar-refractivity contribution in [2.24, 2.45) is 11.0 Å². The number of rotatable bonds is 9. The second kappa shape index (κ2) is 10.9. The molecule has 0 spiro atoms. The Bertz CT molecular complexity index is 1500. The number of nitrogens with zero attached hydrogens (tertiary/aromatic N) is 4. The van der Waals surface area contributed by atoms with Crippen molar-refractivity contribution in [2.45, 2.75) is 37.0 Å². The molecule has 4 rings (SSSR count). The van der Waals surface area contributed by atoms with Crippen molar-refractivity contribution in [3.8, 4) is 5.69 Å². The number of aryl methyl sites for hydroxylation is 1. The third kappa shape index (κ3) is 5.48. The fraction of sp³-hybridized carbons (Fsp3) is 0.280. The topological polar surface area (TPSA) is 134 Å². The monoisotopic (exact) mass is 560 g/mol. The van der Waals surface area contributed by atoms with Gasteiger partial charge in [-0.1, -0.05) is 5.04 Å². The van der Waals surface area contributed by atoms with E-state index in [-0.39, 0.29) is 5.69 Å². The van der Waals surface area contributed by atoms with Crippen LogP contribution in [0.2, 0.25) is 0 Å². The quantitative estimate of drug-likeness (QED) is 0.169. The Kier molecular flexibility index (Phi) is 7.97. The van der Waals surface area contributed by atoms with Crippen LogP contribution in [0.15, 0.2) is 63.4 Å². The molecule has 13 heteroatoms. The molecule has 2 heterocycles. The van der Waals surface area contributed by atoms with E-state index in [1.807, 2.05) is 63.2 Å². The largest absolute Gasteiger partial charge is 0.378 e. The Morgan fingerprint density at radius 3 is 2.37 bits per heavy atom. The highest BCUT2D eigenvalue weighted by molar-refractivity contribution is 7.94. The van der Waals surface area contributed by atoms with Crippen LogP contribution in [-0.2, 0) is 30.7 Å². The number of hydrazone groups is 1. The minimum atomic E-state index is -4.67. The summed E-state index contributed by atoms with van der Waals surface area (Å²) >= 11 is 0.584. The van der Waals surface area contributed by atoms with Gasteiger partial charge >= 0.3 is 0 Å². The number of carbonyl (C=O) groups is 1. The Morgan fingerprint density at radius 1 is 1.08 bits per heavy atom. The zero-order chi connectivity index (χ0) is 27.8. The van der Waals surface area contributed by atoms with Crippen LogP contribution in [0.3, 0.4) is 0 Å². The van der Waals surface area contributed by atoms with Crippen LogP contribution < -0.4 is 9.91 Å². The normalized spacial score (nSPS) is 15.8. The molecule has 1 unspecified atom stereocenters. The van der Waals surface area contributed by atoms with Crippen LogP contribution in [0.1, 0.15) is 23.9 Å². The lowest BCUT2D eigenvalue weighted by Gasteiger charge is -2.18. The van der Waals surface area contributed by atoms with Gasteiger partial charge in [0.1, 0.15) is 4.90 Å². The molecule has 1 atom stereocenters. The van der Waals surface area contributed by atoms with Crippen molar-refractivity contribution in [3.05, 3.63) is 65.5 Å². The van der Waals surface area contributed by atoms with E-state index in [0.717, 1.165) is 39.4 Å². The van der Waals surface area contributed by atoms with Crippen molar-refractivity contribution >= 4 is 45.2 Å². The molecule has 1 amide bonds. The molecule has 1 aliphatic heterocycles. The van der Waals surface area contributed by atoms with E-state index in [0.29, 0.717) is 29.1 Å². The minimum Gasteiger partial charge on any atom is -0.378 e. The highest BCUT2D eigenvalue weighted by Gasteiger charge is 2.37. The van der Waals surface area contributed by atoms with Crippen LogP contribution in [0.4, 0.5) is 11.4 Å². The van der Waals surface area contributed by atoms with Crippen molar-refractivity contribution in [2.75, 3.05) is 24.0 Å². The number of benzene rings is 2. The van der Waals surface area contributed by atoms with Gasteiger partial charge in [0, 0.05) is 47.5 Å².